The minimum absolute atomic E-state index is 0.179. The second kappa shape index (κ2) is 9.12. The van der Waals surface area contributed by atoms with Gasteiger partial charge in [0.25, 0.3) is 10.0 Å². The van der Waals surface area contributed by atoms with Crippen LogP contribution in [0.25, 0.3) is 0 Å². The van der Waals surface area contributed by atoms with E-state index in [1.807, 2.05) is 37.3 Å². The maximum absolute atomic E-state index is 13.6. The number of nitrogens with zero attached hydrogens (tertiary/aromatic N) is 2. The molecular weight excluding hydrogens is 500 g/mol. The summed E-state index contributed by atoms with van der Waals surface area (Å²) in [5.74, 6) is 1.12. The normalized spacial score (nSPS) is 19.0. The highest BCUT2D eigenvalue weighted by molar-refractivity contribution is 9.10. The molecule has 2 heterocycles. The first-order valence-electron chi connectivity index (χ1n) is 11.2. The highest BCUT2D eigenvalue weighted by Gasteiger charge is 2.37. The molecule has 2 aliphatic heterocycles. The zero-order valence-corrected chi connectivity index (χ0v) is 20.9. The first kappa shape index (κ1) is 22.4. The molecule has 172 valence electrons. The maximum atomic E-state index is 13.6. The third-order valence-electron chi connectivity index (χ3n) is 6.31. The summed E-state index contributed by atoms with van der Waals surface area (Å²) in [4.78, 5) is 2.74. The van der Waals surface area contributed by atoms with Crippen molar-refractivity contribution in [3.05, 3.63) is 88.4 Å². The number of hydrogen-bond acceptors (Lipinski definition) is 4. The van der Waals surface area contributed by atoms with E-state index in [0.717, 1.165) is 36.1 Å². The third-order valence-corrected chi connectivity index (χ3v) is 8.58. The zero-order chi connectivity index (χ0) is 23.0. The van der Waals surface area contributed by atoms with E-state index in [-0.39, 0.29) is 6.10 Å². The fourth-order valence-corrected chi connectivity index (χ4v) is 6.66. The predicted molar refractivity (Wildman–Crippen MR) is 134 cm³/mol. The SMILES string of the molecule is Cc1cccc(S(=O)(=O)N2C[C@H](CC3CN(Cc4ccccc4)C3)Oc3ccc(Br)cc32)c1. The average Bonchev–Trinajstić information content (AvgIpc) is 2.78. The lowest BCUT2D eigenvalue weighted by Gasteiger charge is -2.43. The van der Waals surface area contributed by atoms with Crippen molar-refractivity contribution in [1.82, 2.24) is 4.90 Å². The van der Waals surface area contributed by atoms with Crippen LogP contribution in [0.2, 0.25) is 0 Å². The van der Waals surface area contributed by atoms with Gasteiger partial charge in [0.05, 0.1) is 17.1 Å². The molecule has 0 radical (unpaired) electrons. The quantitative estimate of drug-likeness (QED) is 0.440. The molecular formula is C26H27BrN2O3S. The van der Waals surface area contributed by atoms with Crippen molar-refractivity contribution < 1.29 is 13.2 Å². The predicted octanol–water partition coefficient (Wildman–Crippen LogP) is 5.24. The van der Waals surface area contributed by atoms with E-state index in [1.165, 1.54) is 9.87 Å². The molecule has 0 spiro atoms. The summed E-state index contributed by atoms with van der Waals surface area (Å²) in [5.41, 5.74) is 2.82. The largest absolute Gasteiger partial charge is 0.486 e. The van der Waals surface area contributed by atoms with Gasteiger partial charge in [-0.3, -0.25) is 9.21 Å². The summed E-state index contributed by atoms with van der Waals surface area (Å²) in [6.45, 7) is 5.19. The molecule has 0 N–H and O–H groups in total. The Morgan fingerprint density at radius 3 is 2.52 bits per heavy atom. The van der Waals surface area contributed by atoms with Crippen molar-refractivity contribution in [2.75, 3.05) is 23.9 Å². The molecule has 1 fully saturated rings. The van der Waals surface area contributed by atoms with E-state index in [4.69, 9.17) is 4.74 Å². The number of halogens is 1. The van der Waals surface area contributed by atoms with Crippen molar-refractivity contribution in [2.45, 2.75) is 30.9 Å². The van der Waals surface area contributed by atoms with Gasteiger partial charge >= 0.3 is 0 Å². The van der Waals surface area contributed by atoms with Crippen LogP contribution in [0.5, 0.6) is 5.75 Å². The van der Waals surface area contributed by atoms with Crippen LogP contribution in [0.4, 0.5) is 5.69 Å². The summed E-state index contributed by atoms with van der Waals surface area (Å²) < 4.78 is 35.9. The minimum atomic E-state index is -3.70. The highest BCUT2D eigenvalue weighted by atomic mass is 79.9. The molecule has 5 nitrogen and oxygen atoms in total. The smallest absolute Gasteiger partial charge is 0.264 e. The first-order valence-corrected chi connectivity index (χ1v) is 13.4. The maximum Gasteiger partial charge on any atom is 0.264 e. The van der Waals surface area contributed by atoms with Gasteiger partial charge in [-0.25, -0.2) is 8.42 Å². The Kier molecular flexibility index (Phi) is 6.20. The van der Waals surface area contributed by atoms with E-state index in [9.17, 15) is 8.42 Å². The van der Waals surface area contributed by atoms with E-state index in [1.54, 1.807) is 18.2 Å². The molecule has 33 heavy (non-hydrogen) atoms. The Labute approximate surface area is 204 Å². The Morgan fingerprint density at radius 1 is 0.970 bits per heavy atom. The van der Waals surface area contributed by atoms with Crippen LogP contribution in [-0.4, -0.2) is 39.1 Å². The summed E-state index contributed by atoms with van der Waals surface area (Å²) in [7, 11) is -3.70. The van der Waals surface area contributed by atoms with Crippen molar-refractivity contribution in [3.63, 3.8) is 0 Å². The zero-order valence-electron chi connectivity index (χ0n) is 18.5. The molecule has 0 unspecified atom stereocenters. The van der Waals surface area contributed by atoms with Crippen LogP contribution in [0.3, 0.4) is 0 Å². The van der Waals surface area contributed by atoms with Crippen LogP contribution < -0.4 is 9.04 Å². The van der Waals surface area contributed by atoms with Crippen molar-refractivity contribution in [1.29, 1.82) is 0 Å². The minimum Gasteiger partial charge on any atom is -0.486 e. The number of ether oxygens (including phenoxy) is 1. The summed E-state index contributed by atoms with van der Waals surface area (Å²) >= 11 is 3.48. The van der Waals surface area contributed by atoms with Gasteiger partial charge in [-0.2, -0.15) is 0 Å². The van der Waals surface area contributed by atoms with Crippen LogP contribution in [0.15, 0.2) is 82.2 Å². The van der Waals surface area contributed by atoms with Gasteiger partial charge in [-0.1, -0.05) is 58.4 Å². The van der Waals surface area contributed by atoms with Crippen molar-refractivity contribution in [3.8, 4) is 5.75 Å². The number of benzene rings is 3. The lowest BCUT2D eigenvalue weighted by atomic mass is 9.92. The molecule has 0 saturated carbocycles. The number of fused-ring (bicyclic) bond motifs is 1. The Balaban J connectivity index is 1.32. The molecule has 1 saturated heterocycles. The second-order valence-corrected chi connectivity index (χ2v) is 11.8. The first-order chi connectivity index (χ1) is 15.9. The molecule has 3 aromatic carbocycles. The number of anilines is 1. The Hall–Kier alpha value is -2.35. The van der Waals surface area contributed by atoms with Gasteiger partial charge in [-0.15, -0.1) is 0 Å². The van der Waals surface area contributed by atoms with Gasteiger partial charge < -0.3 is 4.74 Å². The molecule has 3 aromatic rings. The lowest BCUT2D eigenvalue weighted by molar-refractivity contribution is 0.0528. The van der Waals surface area contributed by atoms with Gasteiger partial charge in [0, 0.05) is 24.1 Å². The van der Waals surface area contributed by atoms with Crippen molar-refractivity contribution >= 4 is 31.6 Å². The molecule has 0 aromatic heterocycles. The second-order valence-electron chi connectivity index (χ2n) is 8.99. The van der Waals surface area contributed by atoms with Crippen LogP contribution in [0, 0.1) is 12.8 Å². The number of rotatable bonds is 6. The van der Waals surface area contributed by atoms with Crippen LogP contribution >= 0.6 is 15.9 Å². The Morgan fingerprint density at radius 2 is 1.76 bits per heavy atom. The van der Waals surface area contributed by atoms with Gasteiger partial charge in [0.1, 0.15) is 11.9 Å². The van der Waals surface area contributed by atoms with Gasteiger partial charge in [-0.05, 0) is 60.7 Å². The van der Waals surface area contributed by atoms with Gasteiger partial charge in [0.15, 0.2) is 0 Å². The standard InChI is InChI=1S/C26H27BrN2O3S/c1-19-6-5-9-24(12-19)33(30,31)29-18-23(32-26-11-10-22(27)14-25(26)29)13-21-16-28(17-21)15-20-7-3-2-4-8-20/h2-12,14,21,23H,13,15-18H2,1H3/t23-/m0/s1. The van der Waals surface area contributed by atoms with Crippen LogP contribution in [0.1, 0.15) is 17.5 Å². The fourth-order valence-electron chi connectivity index (χ4n) is 4.71. The molecule has 1 atom stereocenters. The van der Waals surface area contributed by atoms with Crippen LogP contribution in [-0.2, 0) is 16.6 Å². The monoisotopic (exact) mass is 526 g/mol. The topological polar surface area (TPSA) is 49.9 Å². The van der Waals surface area contributed by atoms with E-state index >= 15 is 0 Å². The number of likely N-dealkylation sites (tertiary alicyclic amines) is 1. The molecule has 0 bridgehead atoms. The molecule has 0 aliphatic carbocycles. The summed E-state index contributed by atoms with van der Waals surface area (Å²) in [6.07, 6.45) is 0.655. The third kappa shape index (κ3) is 4.81. The summed E-state index contributed by atoms with van der Waals surface area (Å²) in [5, 5.41) is 0. The molecule has 5 rings (SSSR count). The van der Waals surface area contributed by atoms with Gasteiger partial charge in [0.2, 0.25) is 0 Å². The summed E-state index contributed by atoms with van der Waals surface area (Å²) in [6, 6.07) is 23.1. The lowest BCUT2D eigenvalue weighted by Crippen LogP contribution is -2.50. The van der Waals surface area contributed by atoms with E-state index in [2.05, 4.69) is 45.1 Å². The average molecular weight is 527 g/mol. The molecule has 0 amide bonds. The van der Waals surface area contributed by atoms with E-state index in [0.29, 0.717) is 28.8 Å². The number of sulfonamides is 1. The number of hydrogen-bond donors (Lipinski definition) is 0. The molecule has 7 heteroatoms. The molecule has 2 aliphatic rings. The fraction of sp³-hybridized carbons (Fsp3) is 0.308. The number of aryl methyl sites for hydroxylation is 1. The van der Waals surface area contributed by atoms with E-state index < -0.39 is 10.0 Å². The Bertz CT molecular complexity index is 1240. The highest BCUT2D eigenvalue weighted by Crippen LogP contribution is 2.40. The van der Waals surface area contributed by atoms with Crippen molar-refractivity contribution in [2.24, 2.45) is 5.92 Å².